The minimum absolute atomic E-state index is 0.0488. The van der Waals surface area contributed by atoms with E-state index in [4.69, 9.17) is 0 Å². The second kappa shape index (κ2) is 8.14. The number of piperidine rings is 1. The molecule has 2 atom stereocenters. The Morgan fingerprint density at radius 2 is 2.18 bits per heavy atom. The molecule has 0 bridgehead atoms. The van der Waals surface area contributed by atoms with Crippen LogP contribution in [0.25, 0.3) is 5.65 Å². The number of hydrogen-bond acceptors (Lipinski definition) is 6. The van der Waals surface area contributed by atoms with E-state index >= 15 is 0 Å². The first-order chi connectivity index (χ1) is 13.6. The summed E-state index contributed by atoms with van der Waals surface area (Å²) in [6, 6.07) is 3.16. The number of nitrogens with zero attached hydrogens (tertiary/aromatic N) is 6. The van der Waals surface area contributed by atoms with Crippen LogP contribution in [0.5, 0.6) is 0 Å². The fourth-order valence-corrected chi connectivity index (χ4v) is 3.66. The summed E-state index contributed by atoms with van der Waals surface area (Å²) in [6.45, 7) is 4.70. The number of fused-ring (bicyclic) bond motifs is 1. The number of aromatic nitrogens is 5. The molecule has 1 fully saturated rings. The van der Waals surface area contributed by atoms with Crippen molar-refractivity contribution in [3.63, 3.8) is 0 Å². The maximum atomic E-state index is 12.6. The molecule has 148 valence electrons. The Labute approximate surface area is 161 Å². The number of nitrogens with one attached hydrogen (secondary N) is 1. The van der Waals surface area contributed by atoms with E-state index in [9.17, 15) is 8.78 Å². The van der Waals surface area contributed by atoms with Crippen LogP contribution in [0.3, 0.4) is 0 Å². The second-order valence-electron chi connectivity index (χ2n) is 7.21. The highest BCUT2D eigenvalue weighted by atomic mass is 19.3. The molecule has 3 aromatic rings. The van der Waals surface area contributed by atoms with Gasteiger partial charge < -0.3 is 10.2 Å². The predicted octanol–water partition coefficient (Wildman–Crippen LogP) is 3.02. The zero-order valence-electron chi connectivity index (χ0n) is 15.7. The molecule has 3 aromatic heterocycles. The van der Waals surface area contributed by atoms with Crippen molar-refractivity contribution in [1.29, 1.82) is 0 Å². The maximum absolute atomic E-state index is 12.6. The van der Waals surface area contributed by atoms with Gasteiger partial charge in [0.1, 0.15) is 12.0 Å². The fraction of sp³-hybridized carbons (Fsp3) is 0.474. The van der Waals surface area contributed by atoms with Crippen LogP contribution >= 0.6 is 0 Å². The van der Waals surface area contributed by atoms with Crippen LogP contribution in [-0.2, 0) is 0 Å². The molecule has 28 heavy (non-hydrogen) atoms. The Hall–Kier alpha value is -2.68. The summed E-state index contributed by atoms with van der Waals surface area (Å²) >= 11 is 0. The molecule has 1 N–H and O–H groups in total. The molecule has 1 aliphatic rings. The van der Waals surface area contributed by atoms with Gasteiger partial charge in [-0.3, -0.25) is 9.38 Å². The first-order valence-corrected chi connectivity index (χ1v) is 9.48. The number of halogens is 2. The van der Waals surface area contributed by atoms with Crippen molar-refractivity contribution in [3.8, 4) is 0 Å². The van der Waals surface area contributed by atoms with E-state index in [0.717, 1.165) is 49.5 Å². The van der Waals surface area contributed by atoms with Crippen molar-refractivity contribution < 1.29 is 8.78 Å². The van der Waals surface area contributed by atoms with Crippen molar-refractivity contribution in [1.82, 2.24) is 29.9 Å². The molecule has 1 aliphatic heterocycles. The van der Waals surface area contributed by atoms with Gasteiger partial charge in [-0.05, 0) is 37.3 Å². The lowest BCUT2D eigenvalue weighted by Crippen LogP contribution is -2.40. The first-order valence-electron chi connectivity index (χ1n) is 9.48. The molecular formula is C19H23F2N7. The second-order valence-corrected chi connectivity index (χ2v) is 7.21. The van der Waals surface area contributed by atoms with Gasteiger partial charge in [-0.2, -0.15) is 0 Å². The van der Waals surface area contributed by atoms with Gasteiger partial charge in [0, 0.05) is 44.3 Å². The smallest absolute Gasteiger partial charge is 0.280 e. The van der Waals surface area contributed by atoms with Gasteiger partial charge in [-0.15, -0.1) is 10.2 Å². The summed E-state index contributed by atoms with van der Waals surface area (Å²) in [7, 11) is 0. The molecule has 0 saturated carbocycles. The van der Waals surface area contributed by atoms with E-state index in [1.165, 1.54) is 12.3 Å². The van der Waals surface area contributed by atoms with E-state index in [0.29, 0.717) is 5.92 Å². The minimum atomic E-state index is -2.53. The molecule has 4 rings (SSSR count). The third kappa shape index (κ3) is 3.94. The predicted molar refractivity (Wildman–Crippen MR) is 101 cm³/mol. The highest BCUT2D eigenvalue weighted by Gasteiger charge is 2.23. The summed E-state index contributed by atoms with van der Waals surface area (Å²) < 4.78 is 27.2. The van der Waals surface area contributed by atoms with E-state index in [-0.39, 0.29) is 11.7 Å². The zero-order valence-corrected chi connectivity index (χ0v) is 15.7. The Morgan fingerprint density at radius 3 is 2.96 bits per heavy atom. The van der Waals surface area contributed by atoms with E-state index < -0.39 is 6.43 Å². The number of alkyl halides is 2. The van der Waals surface area contributed by atoms with Crippen LogP contribution in [0.1, 0.15) is 43.5 Å². The summed E-state index contributed by atoms with van der Waals surface area (Å²) in [6.07, 6.45) is 6.51. The molecule has 9 heteroatoms. The van der Waals surface area contributed by atoms with Crippen molar-refractivity contribution in [3.05, 3.63) is 48.3 Å². The lowest BCUT2D eigenvalue weighted by molar-refractivity contribution is 0.146. The number of anilines is 1. The lowest BCUT2D eigenvalue weighted by atomic mass is 9.97. The molecular weight excluding hydrogens is 364 g/mol. The van der Waals surface area contributed by atoms with Gasteiger partial charge in [0.2, 0.25) is 5.65 Å². The van der Waals surface area contributed by atoms with Crippen LogP contribution < -0.4 is 10.2 Å². The topological polar surface area (TPSA) is 71.2 Å². The summed E-state index contributed by atoms with van der Waals surface area (Å²) in [5, 5.41) is 11.7. The summed E-state index contributed by atoms with van der Waals surface area (Å²) in [5.41, 5.74) is 1.50. The van der Waals surface area contributed by atoms with Gasteiger partial charge in [-0.25, -0.2) is 13.8 Å². The molecule has 0 aliphatic carbocycles. The molecule has 0 spiro atoms. The minimum Gasteiger partial charge on any atom is -0.353 e. The van der Waals surface area contributed by atoms with Crippen LogP contribution in [0, 0.1) is 5.92 Å². The monoisotopic (exact) mass is 387 g/mol. The number of rotatable bonds is 6. The maximum Gasteiger partial charge on any atom is 0.280 e. The van der Waals surface area contributed by atoms with Crippen molar-refractivity contribution >= 4 is 11.5 Å². The highest BCUT2D eigenvalue weighted by Crippen LogP contribution is 2.24. The van der Waals surface area contributed by atoms with Crippen LogP contribution in [0.15, 0.2) is 37.1 Å². The van der Waals surface area contributed by atoms with Gasteiger partial charge in [0.25, 0.3) is 6.43 Å². The highest BCUT2D eigenvalue weighted by molar-refractivity contribution is 5.63. The van der Waals surface area contributed by atoms with Crippen molar-refractivity contribution in [2.75, 3.05) is 24.5 Å². The Kier molecular flexibility index (Phi) is 5.43. The average Bonchev–Trinajstić information content (AvgIpc) is 3.21. The molecule has 7 nitrogen and oxygen atoms in total. The third-order valence-electron chi connectivity index (χ3n) is 5.26. The Bertz CT molecular complexity index is 912. The Balaban J connectivity index is 1.37. The molecule has 0 amide bonds. The van der Waals surface area contributed by atoms with Crippen LogP contribution in [-0.4, -0.2) is 44.2 Å². The summed E-state index contributed by atoms with van der Waals surface area (Å²) in [5.74, 6) is 1.33. The first kappa shape index (κ1) is 18.7. The molecule has 0 radical (unpaired) electrons. The molecule has 1 saturated heterocycles. The normalized spacial score (nSPS) is 18.7. The molecule has 2 unspecified atom stereocenters. The SMILES string of the molecule is CC(NCC1CCCN(c2nccn3cnnc23)C1)c1ccc(C(F)F)nc1. The Morgan fingerprint density at radius 1 is 1.29 bits per heavy atom. The van der Waals surface area contributed by atoms with E-state index in [1.54, 1.807) is 18.6 Å². The summed E-state index contributed by atoms with van der Waals surface area (Å²) in [4.78, 5) is 10.6. The van der Waals surface area contributed by atoms with Crippen LogP contribution in [0.2, 0.25) is 0 Å². The zero-order chi connectivity index (χ0) is 19.5. The lowest BCUT2D eigenvalue weighted by Gasteiger charge is -2.34. The van der Waals surface area contributed by atoms with Crippen molar-refractivity contribution in [2.45, 2.75) is 32.2 Å². The van der Waals surface area contributed by atoms with Gasteiger partial charge >= 0.3 is 0 Å². The average molecular weight is 387 g/mol. The van der Waals surface area contributed by atoms with Crippen LogP contribution in [0.4, 0.5) is 14.6 Å². The third-order valence-corrected chi connectivity index (χ3v) is 5.26. The van der Waals surface area contributed by atoms with E-state index in [1.807, 2.05) is 17.5 Å². The standard InChI is InChI=1S/C19H23F2N7/c1-13(15-4-5-16(17(20)21)24-10-15)23-9-14-3-2-7-27(11-14)18-19-26-25-12-28(19)8-6-22-18/h4-6,8,10,12-14,17,23H,2-3,7,9,11H2,1H3. The number of pyridine rings is 1. The van der Waals surface area contributed by atoms with Crippen molar-refractivity contribution in [2.24, 2.45) is 5.92 Å². The number of hydrogen-bond donors (Lipinski definition) is 1. The fourth-order valence-electron chi connectivity index (χ4n) is 3.66. The van der Waals surface area contributed by atoms with E-state index in [2.05, 4.69) is 30.4 Å². The van der Waals surface area contributed by atoms with Gasteiger partial charge in [0.05, 0.1) is 0 Å². The molecule has 0 aromatic carbocycles. The van der Waals surface area contributed by atoms with Gasteiger partial charge in [-0.1, -0.05) is 6.07 Å². The molecule has 4 heterocycles. The van der Waals surface area contributed by atoms with Gasteiger partial charge in [0.15, 0.2) is 5.82 Å². The largest absolute Gasteiger partial charge is 0.353 e. The quantitative estimate of drug-likeness (QED) is 0.701.